The molecule has 0 bridgehead atoms. The van der Waals surface area contributed by atoms with Gasteiger partial charge in [0.25, 0.3) is 5.56 Å². The monoisotopic (exact) mass is 567 g/mol. The van der Waals surface area contributed by atoms with Gasteiger partial charge in [0.15, 0.2) is 11.5 Å². The first kappa shape index (κ1) is 25.9. The van der Waals surface area contributed by atoms with Gasteiger partial charge in [0.2, 0.25) is 0 Å². The summed E-state index contributed by atoms with van der Waals surface area (Å²) in [7, 11) is 1.55. The van der Waals surface area contributed by atoms with Crippen LogP contribution in [0.4, 0.5) is 0 Å². The third-order valence-corrected chi connectivity index (χ3v) is 6.27. The van der Waals surface area contributed by atoms with Gasteiger partial charge >= 0.3 is 0 Å². The summed E-state index contributed by atoms with van der Waals surface area (Å²) in [6.07, 6.45) is 1.56. The van der Waals surface area contributed by atoms with E-state index < -0.39 is 5.41 Å². The molecule has 6 nitrogen and oxygen atoms in total. The van der Waals surface area contributed by atoms with Gasteiger partial charge in [-0.3, -0.25) is 4.79 Å². The minimum atomic E-state index is -0.436. The van der Waals surface area contributed by atoms with E-state index in [-0.39, 0.29) is 5.56 Å². The number of halogens is 2. The number of fused-ring (bicyclic) bond motifs is 1. The predicted molar refractivity (Wildman–Crippen MR) is 149 cm³/mol. The van der Waals surface area contributed by atoms with Crippen LogP contribution in [0.5, 0.6) is 11.5 Å². The highest BCUT2D eigenvalue weighted by molar-refractivity contribution is 9.10. The van der Waals surface area contributed by atoms with Crippen LogP contribution in [0.3, 0.4) is 0 Å². The second-order valence-electron chi connectivity index (χ2n) is 9.51. The standard InChI is InChI=1S/C28H27BrClN3O3/c1-17-6-8-18(9-7-17)16-36-25-19(12-21(30)14-24(25)35-5)15-31-33-26(34)22-13-20(29)10-11-23(22)32-27(33)28(2,3)4/h6-15H,16H2,1-5H3. The first-order valence-corrected chi connectivity index (χ1v) is 12.6. The van der Waals surface area contributed by atoms with Gasteiger partial charge in [-0.1, -0.05) is 78.1 Å². The smallest absolute Gasteiger partial charge is 0.282 e. The molecule has 0 amide bonds. The van der Waals surface area contributed by atoms with Gasteiger partial charge in [-0.25, -0.2) is 4.98 Å². The van der Waals surface area contributed by atoms with E-state index in [1.165, 1.54) is 10.2 Å². The number of rotatable bonds is 6. The third-order valence-electron chi connectivity index (χ3n) is 5.56. The van der Waals surface area contributed by atoms with Gasteiger partial charge in [-0.15, -0.1) is 0 Å². The second-order valence-corrected chi connectivity index (χ2v) is 10.9. The fourth-order valence-corrected chi connectivity index (χ4v) is 4.27. The zero-order chi connectivity index (χ0) is 26.0. The molecule has 36 heavy (non-hydrogen) atoms. The van der Waals surface area contributed by atoms with Crippen molar-refractivity contribution in [3.63, 3.8) is 0 Å². The number of ether oxygens (including phenoxy) is 2. The maximum absolute atomic E-state index is 13.5. The Kier molecular flexibility index (Phi) is 7.52. The van der Waals surface area contributed by atoms with Crippen LogP contribution >= 0.6 is 27.5 Å². The molecule has 0 unspecified atom stereocenters. The van der Waals surface area contributed by atoms with Crippen molar-refractivity contribution in [2.45, 2.75) is 39.7 Å². The zero-order valence-electron chi connectivity index (χ0n) is 20.8. The summed E-state index contributed by atoms with van der Waals surface area (Å²) in [5, 5.41) is 5.50. The molecular formula is C28H27BrClN3O3. The summed E-state index contributed by atoms with van der Waals surface area (Å²) in [6.45, 7) is 8.34. The Bertz CT molecular complexity index is 1510. The van der Waals surface area contributed by atoms with Gasteiger partial charge in [0, 0.05) is 26.5 Å². The van der Waals surface area contributed by atoms with E-state index in [4.69, 9.17) is 26.1 Å². The van der Waals surface area contributed by atoms with Crippen molar-refractivity contribution < 1.29 is 9.47 Å². The van der Waals surface area contributed by atoms with Gasteiger partial charge < -0.3 is 9.47 Å². The topological polar surface area (TPSA) is 65.7 Å². The molecule has 0 fully saturated rings. The van der Waals surface area contributed by atoms with Crippen molar-refractivity contribution in [1.29, 1.82) is 0 Å². The largest absolute Gasteiger partial charge is 0.493 e. The van der Waals surface area contributed by atoms with Crippen LogP contribution in [0.25, 0.3) is 10.9 Å². The third kappa shape index (κ3) is 5.63. The van der Waals surface area contributed by atoms with Crippen molar-refractivity contribution in [2.75, 3.05) is 7.11 Å². The lowest BCUT2D eigenvalue weighted by atomic mass is 9.95. The maximum Gasteiger partial charge on any atom is 0.282 e. The molecule has 8 heteroatoms. The van der Waals surface area contributed by atoms with Crippen LogP contribution in [0.2, 0.25) is 5.02 Å². The molecule has 0 spiro atoms. The average Bonchev–Trinajstić information content (AvgIpc) is 2.83. The summed E-state index contributed by atoms with van der Waals surface area (Å²) < 4.78 is 13.8. The minimum absolute atomic E-state index is 0.265. The average molecular weight is 569 g/mol. The lowest BCUT2D eigenvalue weighted by molar-refractivity contribution is 0.284. The quantitative estimate of drug-likeness (QED) is 0.238. The molecule has 4 rings (SSSR count). The number of benzene rings is 3. The Morgan fingerprint density at radius 1 is 1.11 bits per heavy atom. The molecule has 1 heterocycles. The molecule has 0 saturated carbocycles. The molecule has 0 aliphatic rings. The Hall–Kier alpha value is -3.16. The summed E-state index contributed by atoms with van der Waals surface area (Å²) in [4.78, 5) is 18.3. The highest BCUT2D eigenvalue weighted by Gasteiger charge is 2.23. The highest BCUT2D eigenvalue weighted by atomic mass is 79.9. The van der Waals surface area contributed by atoms with E-state index in [9.17, 15) is 4.79 Å². The number of hydrogen-bond donors (Lipinski definition) is 0. The Morgan fingerprint density at radius 2 is 1.83 bits per heavy atom. The second kappa shape index (κ2) is 10.4. The van der Waals surface area contributed by atoms with Crippen molar-refractivity contribution >= 4 is 44.6 Å². The van der Waals surface area contributed by atoms with E-state index in [1.807, 2.05) is 64.1 Å². The number of aromatic nitrogens is 2. The van der Waals surface area contributed by atoms with Gasteiger partial charge in [0.05, 0.1) is 24.2 Å². The highest BCUT2D eigenvalue weighted by Crippen LogP contribution is 2.34. The molecular weight excluding hydrogens is 542 g/mol. The summed E-state index contributed by atoms with van der Waals surface area (Å²) in [6, 6.07) is 16.9. The van der Waals surface area contributed by atoms with Gasteiger partial charge in [0.1, 0.15) is 12.4 Å². The molecule has 1 aromatic heterocycles. The molecule has 0 radical (unpaired) electrons. The zero-order valence-corrected chi connectivity index (χ0v) is 23.1. The first-order chi connectivity index (χ1) is 17.1. The van der Waals surface area contributed by atoms with E-state index in [1.54, 1.807) is 31.5 Å². The molecule has 0 atom stereocenters. The van der Waals surface area contributed by atoms with Crippen molar-refractivity contribution in [3.8, 4) is 11.5 Å². The normalized spacial score (nSPS) is 11.9. The lowest BCUT2D eigenvalue weighted by Gasteiger charge is -2.21. The van der Waals surface area contributed by atoms with Crippen LogP contribution in [-0.4, -0.2) is 23.0 Å². The first-order valence-electron chi connectivity index (χ1n) is 11.4. The minimum Gasteiger partial charge on any atom is -0.493 e. The van der Waals surface area contributed by atoms with Crippen molar-refractivity contribution in [3.05, 3.63) is 97.0 Å². The van der Waals surface area contributed by atoms with Crippen LogP contribution in [0.15, 0.2) is 69.0 Å². The summed E-state index contributed by atoms with van der Waals surface area (Å²) in [5.41, 5.74) is 2.68. The fraction of sp³-hybridized carbons (Fsp3) is 0.250. The van der Waals surface area contributed by atoms with Gasteiger partial charge in [-0.05, 0) is 36.8 Å². The van der Waals surface area contributed by atoms with Crippen LogP contribution in [0.1, 0.15) is 43.3 Å². The molecule has 0 aliphatic heterocycles. The molecule has 186 valence electrons. The molecule has 4 aromatic rings. The Morgan fingerprint density at radius 3 is 2.50 bits per heavy atom. The number of methoxy groups -OCH3 is 1. The summed E-state index contributed by atoms with van der Waals surface area (Å²) >= 11 is 9.80. The number of nitrogens with zero attached hydrogens (tertiary/aromatic N) is 3. The SMILES string of the molecule is COc1cc(Cl)cc(C=Nn2c(C(C)(C)C)nc3ccc(Br)cc3c2=O)c1OCc1ccc(C)cc1. The van der Waals surface area contributed by atoms with Crippen LogP contribution in [0, 0.1) is 6.92 Å². The number of aryl methyl sites for hydroxylation is 1. The maximum atomic E-state index is 13.5. The van der Waals surface area contributed by atoms with Crippen molar-refractivity contribution in [2.24, 2.45) is 5.10 Å². The Balaban J connectivity index is 1.81. The fourth-order valence-electron chi connectivity index (χ4n) is 3.69. The van der Waals surface area contributed by atoms with E-state index in [2.05, 4.69) is 21.0 Å². The molecule has 0 saturated heterocycles. The summed E-state index contributed by atoms with van der Waals surface area (Å²) in [5.74, 6) is 1.49. The molecule has 0 aliphatic carbocycles. The van der Waals surface area contributed by atoms with Crippen LogP contribution in [-0.2, 0) is 12.0 Å². The lowest BCUT2D eigenvalue weighted by Crippen LogP contribution is -2.29. The van der Waals surface area contributed by atoms with E-state index in [0.29, 0.717) is 45.4 Å². The Labute approximate surface area is 223 Å². The molecule has 3 aromatic carbocycles. The molecule has 0 N–H and O–H groups in total. The van der Waals surface area contributed by atoms with E-state index in [0.717, 1.165) is 10.0 Å². The van der Waals surface area contributed by atoms with Crippen LogP contribution < -0.4 is 15.0 Å². The number of hydrogen-bond acceptors (Lipinski definition) is 5. The van der Waals surface area contributed by atoms with E-state index >= 15 is 0 Å². The predicted octanol–water partition coefficient (Wildman–Crippen LogP) is 6.89. The van der Waals surface area contributed by atoms with Gasteiger partial charge in [-0.2, -0.15) is 9.78 Å². The van der Waals surface area contributed by atoms with Crippen molar-refractivity contribution in [1.82, 2.24) is 9.66 Å².